The first-order valence-electron chi connectivity index (χ1n) is 11.2. The molecule has 0 radical (unpaired) electrons. The maximum Gasteiger partial charge on any atom is 0.303 e. The van der Waals surface area contributed by atoms with Crippen LogP contribution in [-0.2, 0) is 14.3 Å². The fourth-order valence-corrected chi connectivity index (χ4v) is 4.73. The lowest BCUT2D eigenvalue weighted by atomic mass is 9.77. The van der Waals surface area contributed by atoms with Gasteiger partial charge >= 0.3 is 5.97 Å². The van der Waals surface area contributed by atoms with Crippen LogP contribution in [0.4, 0.5) is 5.69 Å². The molecule has 2 aliphatic heterocycles. The largest absolute Gasteiger partial charge is 0.481 e. The second-order valence-corrected chi connectivity index (χ2v) is 8.82. The number of carbonyl (C=O) groups is 2. The van der Waals surface area contributed by atoms with Crippen LogP contribution in [0.1, 0.15) is 51.4 Å². The lowest BCUT2D eigenvalue weighted by Gasteiger charge is -2.27. The lowest BCUT2D eigenvalue weighted by Crippen LogP contribution is -2.38. The van der Waals surface area contributed by atoms with Crippen LogP contribution >= 0.6 is 12.2 Å². The first-order valence-corrected chi connectivity index (χ1v) is 11.6. The smallest absolute Gasteiger partial charge is 0.303 e. The summed E-state index contributed by atoms with van der Waals surface area (Å²) in [4.78, 5) is 23.6. The molecule has 2 bridgehead atoms. The van der Waals surface area contributed by atoms with Crippen LogP contribution in [0.5, 0.6) is 0 Å². The minimum atomic E-state index is -0.748. The van der Waals surface area contributed by atoms with Crippen molar-refractivity contribution < 1.29 is 19.4 Å². The van der Waals surface area contributed by atoms with Gasteiger partial charge in [0.1, 0.15) is 0 Å². The number of anilines is 1. The molecule has 3 N–H and O–H groups in total. The highest BCUT2D eigenvalue weighted by Crippen LogP contribution is 2.44. The number of thiocarbonyl (C=S) groups is 1. The van der Waals surface area contributed by atoms with E-state index in [1.54, 1.807) is 0 Å². The lowest BCUT2D eigenvalue weighted by molar-refractivity contribution is -0.137. The summed E-state index contributed by atoms with van der Waals surface area (Å²) in [5.41, 5.74) is 0.936. The summed E-state index contributed by atoms with van der Waals surface area (Å²) in [6.07, 6.45) is 10.4. The van der Waals surface area contributed by atoms with E-state index >= 15 is 0 Å². The zero-order valence-electron chi connectivity index (χ0n) is 17.8. The number of allylic oxidation sites excluding steroid dienone is 2. The van der Waals surface area contributed by atoms with Crippen molar-refractivity contribution in [1.29, 1.82) is 0 Å². The Balaban J connectivity index is 1.37. The maximum atomic E-state index is 12.4. The average Bonchev–Trinajstić information content (AvgIpc) is 3.35. The highest BCUT2D eigenvalue weighted by atomic mass is 32.1. The standard InChI is InChI=1S/C24H32N2O4S/c27-22(14-15-23(31)26-17-8-4-3-5-9-17)25-16-19-18(20-12-13-21(19)30-20)10-6-1-2-7-11-24(28)29/h1,3-6,8-9,18-21H,2,7,10-16H2,(H,25,27)(H,26,31)(H,28,29)/b6-1-/t18-,19+,20-,21+/m1/s1. The van der Waals surface area contributed by atoms with Crippen molar-refractivity contribution in [3.63, 3.8) is 0 Å². The van der Waals surface area contributed by atoms with Crippen molar-refractivity contribution >= 4 is 34.8 Å². The molecule has 2 heterocycles. The Kier molecular flexibility index (Phi) is 9.03. The molecule has 0 saturated carbocycles. The van der Waals surface area contributed by atoms with Gasteiger partial charge in [0.25, 0.3) is 0 Å². The molecule has 1 aromatic rings. The summed E-state index contributed by atoms with van der Waals surface area (Å²) >= 11 is 5.35. The Morgan fingerprint density at radius 3 is 2.55 bits per heavy atom. The SMILES string of the molecule is O=C(O)CCC/C=C\C[C@@H]1[C@H](CNC(=O)CCC(=S)Nc2ccccc2)[C@@H]2CC[C@H]1O2. The van der Waals surface area contributed by atoms with Gasteiger partial charge in [0, 0.05) is 37.4 Å². The molecular weight excluding hydrogens is 412 g/mol. The Morgan fingerprint density at radius 1 is 1.06 bits per heavy atom. The van der Waals surface area contributed by atoms with Crippen LogP contribution in [0.2, 0.25) is 0 Å². The van der Waals surface area contributed by atoms with E-state index in [0.29, 0.717) is 42.6 Å². The molecule has 4 atom stereocenters. The molecule has 168 valence electrons. The van der Waals surface area contributed by atoms with Crippen molar-refractivity contribution in [2.45, 2.75) is 63.6 Å². The fourth-order valence-electron chi connectivity index (χ4n) is 4.51. The van der Waals surface area contributed by atoms with Gasteiger partial charge in [-0.05, 0) is 50.2 Å². The first kappa shape index (κ1) is 23.4. The van der Waals surface area contributed by atoms with E-state index in [0.717, 1.165) is 31.4 Å². The minimum absolute atomic E-state index is 0.0166. The number of benzene rings is 1. The first-order chi connectivity index (χ1) is 15.0. The number of aliphatic carboxylic acids is 1. The molecule has 7 heteroatoms. The predicted molar refractivity (Wildman–Crippen MR) is 125 cm³/mol. The second-order valence-electron chi connectivity index (χ2n) is 8.33. The monoisotopic (exact) mass is 444 g/mol. The highest BCUT2D eigenvalue weighted by Gasteiger charge is 2.47. The molecule has 0 aromatic heterocycles. The molecule has 1 amide bonds. The highest BCUT2D eigenvalue weighted by molar-refractivity contribution is 7.80. The molecule has 2 saturated heterocycles. The van der Waals surface area contributed by atoms with Gasteiger partial charge in [-0.1, -0.05) is 42.6 Å². The Morgan fingerprint density at radius 2 is 1.81 bits per heavy atom. The van der Waals surface area contributed by atoms with Gasteiger partial charge in [-0.2, -0.15) is 0 Å². The number of carboxylic acid groups (broad SMARTS) is 1. The number of nitrogens with one attached hydrogen (secondary N) is 2. The molecule has 0 spiro atoms. The van der Waals surface area contributed by atoms with Crippen LogP contribution in [0.25, 0.3) is 0 Å². The molecule has 0 aliphatic carbocycles. The van der Waals surface area contributed by atoms with Gasteiger partial charge < -0.3 is 20.5 Å². The number of hydrogen-bond acceptors (Lipinski definition) is 4. The minimum Gasteiger partial charge on any atom is -0.481 e. The van der Waals surface area contributed by atoms with Crippen LogP contribution in [0.3, 0.4) is 0 Å². The number of amides is 1. The number of unbranched alkanes of at least 4 members (excludes halogenated alkanes) is 1. The maximum absolute atomic E-state index is 12.4. The van der Waals surface area contributed by atoms with E-state index in [9.17, 15) is 9.59 Å². The number of carboxylic acids is 1. The predicted octanol–water partition coefficient (Wildman–Crippen LogP) is 4.32. The Labute approximate surface area is 189 Å². The van der Waals surface area contributed by atoms with Crippen LogP contribution < -0.4 is 10.6 Å². The van der Waals surface area contributed by atoms with Crippen molar-refractivity contribution in [3.8, 4) is 0 Å². The van der Waals surface area contributed by atoms with E-state index in [1.165, 1.54) is 0 Å². The summed E-state index contributed by atoms with van der Waals surface area (Å²) < 4.78 is 6.11. The average molecular weight is 445 g/mol. The van der Waals surface area contributed by atoms with E-state index in [4.69, 9.17) is 22.1 Å². The number of para-hydroxylation sites is 1. The third-order valence-electron chi connectivity index (χ3n) is 6.10. The Hall–Kier alpha value is -2.25. The fraction of sp³-hybridized carbons (Fsp3) is 0.542. The molecular formula is C24H32N2O4S. The molecule has 2 aliphatic rings. The summed E-state index contributed by atoms with van der Waals surface area (Å²) in [5.74, 6) is 0.0154. The molecule has 6 nitrogen and oxygen atoms in total. The summed E-state index contributed by atoms with van der Waals surface area (Å²) in [7, 11) is 0. The number of rotatable bonds is 12. The van der Waals surface area contributed by atoms with Gasteiger partial charge in [-0.25, -0.2) is 0 Å². The normalized spacial score (nSPS) is 24.4. The van der Waals surface area contributed by atoms with Crippen LogP contribution in [0.15, 0.2) is 42.5 Å². The molecule has 2 fully saturated rings. The zero-order chi connectivity index (χ0) is 22.1. The number of ether oxygens (including phenoxy) is 1. The van der Waals surface area contributed by atoms with Gasteiger partial charge in [-0.15, -0.1) is 0 Å². The summed E-state index contributed by atoms with van der Waals surface area (Å²) in [6.45, 7) is 0.635. The molecule has 31 heavy (non-hydrogen) atoms. The van der Waals surface area contributed by atoms with Crippen LogP contribution in [-0.4, -0.2) is 40.7 Å². The number of hydrogen-bond donors (Lipinski definition) is 3. The Bertz CT molecular complexity index is 783. The van der Waals surface area contributed by atoms with Gasteiger partial charge in [0.05, 0.1) is 17.2 Å². The third-order valence-corrected chi connectivity index (χ3v) is 6.40. The van der Waals surface area contributed by atoms with E-state index < -0.39 is 5.97 Å². The van der Waals surface area contributed by atoms with Gasteiger partial charge in [0.15, 0.2) is 0 Å². The number of fused-ring (bicyclic) bond motifs is 2. The van der Waals surface area contributed by atoms with E-state index in [-0.39, 0.29) is 24.5 Å². The van der Waals surface area contributed by atoms with E-state index in [2.05, 4.69) is 22.8 Å². The van der Waals surface area contributed by atoms with E-state index in [1.807, 2.05) is 30.3 Å². The number of carbonyl (C=O) groups excluding carboxylic acids is 1. The van der Waals surface area contributed by atoms with Crippen LogP contribution in [0, 0.1) is 11.8 Å². The zero-order valence-corrected chi connectivity index (χ0v) is 18.6. The summed E-state index contributed by atoms with van der Waals surface area (Å²) in [5, 5.41) is 14.9. The third kappa shape index (κ3) is 7.43. The van der Waals surface area contributed by atoms with Crippen molar-refractivity contribution in [2.24, 2.45) is 11.8 Å². The van der Waals surface area contributed by atoms with Crippen molar-refractivity contribution in [1.82, 2.24) is 5.32 Å². The molecule has 3 rings (SSSR count). The van der Waals surface area contributed by atoms with Gasteiger partial charge in [0.2, 0.25) is 5.91 Å². The van der Waals surface area contributed by atoms with Crippen molar-refractivity contribution in [3.05, 3.63) is 42.5 Å². The molecule has 1 aromatic carbocycles. The summed E-state index contributed by atoms with van der Waals surface area (Å²) in [6, 6.07) is 9.72. The van der Waals surface area contributed by atoms with Gasteiger partial charge in [-0.3, -0.25) is 9.59 Å². The van der Waals surface area contributed by atoms with Crippen molar-refractivity contribution in [2.75, 3.05) is 11.9 Å². The molecule has 0 unspecified atom stereocenters. The second kappa shape index (κ2) is 12.0. The topological polar surface area (TPSA) is 87.7 Å². The quantitative estimate of drug-likeness (QED) is 0.253.